The van der Waals surface area contributed by atoms with Crippen LogP contribution in [0.15, 0.2) is 77.4 Å². The predicted molar refractivity (Wildman–Crippen MR) is 104 cm³/mol. The molecule has 0 saturated carbocycles. The summed E-state index contributed by atoms with van der Waals surface area (Å²) in [6.07, 6.45) is 1.58. The first kappa shape index (κ1) is 18.7. The van der Waals surface area contributed by atoms with Gasteiger partial charge >= 0.3 is 0 Å². The third-order valence-corrected chi connectivity index (χ3v) is 4.28. The highest BCUT2D eigenvalue weighted by Gasteiger charge is 2.17. The van der Waals surface area contributed by atoms with Crippen LogP contribution in [0.1, 0.15) is 34.1 Å². The zero-order valence-corrected chi connectivity index (χ0v) is 15.3. The molecule has 1 atom stereocenters. The van der Waals surface area contributed by atoms with Gasteiger partial charge in [-0.2, -0.15) is 0 Å². The van der Waals surface area contributed by atoms with E-state index in [0.29, 0.717) is 5.02 Å². The van der Waals surface area contributed by atoms with Gasteiger partial charge in [-0.05, 0) is 35.4 Å². The highest BCUT2D eigenvalue weighted by atomic mass is 35.5. The van der Waals surface area contributed by atoms with Crippen LogP contribution in [0.4, 0.5) is 0 Å². The maximum Gasteiger partial charge on any atom is 0.286 e. The fourth-order valence-corrected chi connectivity index (χ4v) is 2.80. The summed E-state index contributed by atoms with van der Waals surface area (Å²) >= 11 is 5.97. The molecular formula is C21H19ClN2O3. The number of furan rings is 1. The molecular weight excluding hydrogens is 364 g/mol. The maximum absolute atomic E-state index is 12.4. The molecule has 0 spiro atoms. The number of halogens is 1. The first-order valence-electron chi connectivity index (χ1n) is 8.55. The van der Waals surface area contributed by atoms with Gasteiger partial charge in [-0.3, -0.25) is 9.59 Å². The fourth-order valence-electron chi connectivity index (χ4n) is 2.68. The van der Waals surface area contributed by atoms with Crippen LogP contribution in [0, 0.1) is 0 Å². The van der Waals surface area contributed by atoms with Crippen molar-refractivity contribution in [3.8, 4) is 0 Å². The highest BCUT2D eigenvalue weighted by molar-refractivity contribution is 6.30. The van der Waals surface area contributed by atoms with Crippen LogP contribution in [0.25, 0.3) is 0 Å². The van der Waals surface area contributed by atoms with Gasteiger partial charge in [0, 0.05) is 18.0 Å². The van der Waals surface area contributed by atoms with Crippen LogP contribution >= 0.6 is 11.6 Å². The number of hydrogen-bond donors (Lipinski definition) is 2. The molecule has 1 unspecified atom stereocenters. The average molecular weight is 383 g/mol. The van der Waals surface area contributed by atoms with Gasteiger partial charge in [-0.15, -0.1) is 0 Å². The molecule has 6 heteroatoms. The Morgan fingerprint density at radius 1 is 0.926 bits per heavy atom. The summed E-state index contributed by atoms with van der Waals surface area (Å²) < 4.78 is 5.02. The van der Waals surface area contributed by atoms with E-state index in [0.717, 1.165) is 11.1 Å². The molecule has 2 N–H and O–H groups in total. The Bertz CT molecular complexity index is 878. The fraction of sp³-hybridized carbons (Fsp3) is 0.143. The van der Waals surface area contributed by atoms with Crippen LogP contribution in [-0.4, -0.2) is 18.4 Å². The van der Waals surface area contributed by atoms with E-state index in [9.17, 15) is 9.59 Å². The Morgan fingerprint density at radius 3 is 2.30 bits per heavy atom. The third kappa shape index (κ3) is 5.21. The Morgan fingerprint density at radius 2 is 1.63 bits per heavy atom. The summed E-state index contributed by atoms with van der Waals surface area (Å²) in [5, 5.41) is 6.32. The molecule has 0 saturated heterocycles. The molecule has 0 bridgehead atoms. The number of amides is 2. The lowest BCUT2D eigenvalue weighted by Gasteiger charge is -2.20. The van der Waals surface area contributed by atoms with E-state index in [4.69, 9.17) is 16.0 Å². The lowest BCUT2D eigenvalue weighted by molar-refractivity contribution is -0.121. The van der Waals surface area contributed by atoms with E-state index >= 15 is 0 Å². The minimum Gasteiger partial charge on any atom is -0.459 e. The highest BCUT2D eigenvalue weighted by Crippen LogP contribution is 2.23. The minimum atomic E-state index is -0.342. The van der Waals surface area contributed by atoms with E-state index in [1.807, 2.05) is 42.5 Å². The molecule has 2 aromatic carbocycles. The molecule has 138 valence electrons. The second-order valence-corrected chi connectivity index (χ2v) is 6.38. The number of benzene rings is 2. The maximum atomic E-state index is 12.4. The Labute approximate surface area is 162 Å². The quantitative estimate of drug-likeness (QED) is 0.649. The van der Waals surface area contributed by atoms with E-state index < -0.39 is 0 Å². The second-order valence-electron chi connectivity index (χ2n) is 5.95. The van der Waals surface area contributed by atoms with E-state index in [2.05, 4.69) is 10.6 Å². The smallest absolute Gasteiger partial charge is 0.286 e. The summed E-state index contributed by atoms with van der Waals surface area (Å²) in [6, 6.07) is 20.0. The number of carbonyl (C=O) groups is 2. The van der Waals surface area contributed by atoms with Crippen LogP contribution < -0.4 is 10.6 Å². The normalized spacial score (nSPS) is 11.6. The van der Waals surface area contributed by atoms with Crippen molar-refractivity contribution in [2.24, 2.45) is 0 Å². The summed E-state index contributed by atoms with van der Waals surface area (Å²) in [7, 11) is 0. The molecule has 2 amide bonds. The molecule has 27 heavy (non-hydrogen) atoms. The largest absolute Gasteiger partial charge is 0.459 e. The van der Waals surface area contributed by atoms with E-state index in [-0.39, 0.29) is 36.6 Å². The van der Waals surface area contributed by atoms with Gasteiger partial charge in [0.2, 0.25) is 5.91 Å². The first-order valence-corrected chi connectivity index (χ1v) is 8.93. The minimum absolute atomic E-state index is 0.156. The Hall–Kier alpha value is -3.05. The Kier molecular flexibility index (Phi) is 6.28. The van der Waals surface area contributed by atoms with Crippen molar-refractivity contribution in [2.75, 3.05) is 6.54 Å². The van der Waals surface area contributed by atoms with Crippen LogP contribution in [0.2, 0.25) is 5.02 Å². The predicted octanol–water partition coefficient (Wildman–Crippen LogP) is 3.96. The standard InChI is InChI=1S/C21H19ClN2O3/c22-17-10-8-16(9-11-17)20(15-5-2-1-3-6-15)24-19(25)12-13-23-21(26)18-7-4-14-27-18/h1-11,14,20H,12-13H2,(H,23,26)(H,24,25). The van der Waals surface area contributed by atoms with E-state index in [1.165, 1.54) is 6.26 Å². The van der Waals surface area contributed by atoms with Gasteiger partial charge in [-0.25, -0.2) is 0 Å². The van der Waals surface area contributed by atoms with Crippen LogP contribution in [0.3, 0.4) is 0 Å². The molecule has 5 nitrogen and oxygen atoms in total. The van der Waals surface area contributed by atoms with Crippen molar-refractivity contribution in [1.29, 1.82) is 0 Å². The number of nitrogens with one attached hydrogen (secondary N) is 2. The van der Waals surface area contributed by atoms with Gasteiger partial charge in [-0.1, -0.05) is 54.1 Å². The zero-order chi connectivity index (χ0) is 19.1. The van der Waals surface area contributed by atoms with Gasteiger partial charge in [0.25, 0.3) is 5.91 Å². The van der Waals surface area contributed by atoms with Crippen molar-refractivity contribution in [2.45, 2.75) is 12.5 Å². The van der Waals surface area contributed by atoms with Gasteiger partial charge in [0.15, 0.2) is 5.76 Å². The molecule has 0 aliphatic rings. The number of carbonyl (C=O) groups excluding carboxylic acids is 2. The lowest BCUT2D eigenvalue weighted by atomic mass is 9.98. The van der Waals surface area contributed by atoms with Crippen molar-refractivity contribution in [3.05, 3.63) is 94.9 Å². The van der Waals surface area contributed by atoms with Gasteiger partial charge in [0.1, 0.15) is 0 Å². The molecule has 0 aliphatic heterocycles. The number of hydrogen-bond acceptors (Lipinski definition) is 3. The summed E-state index contributed by atoms with van der Waals surface area (Å²) in [6.45, 7) is 0.216. The topological polar surface area (TPSA) is 71.3 Å². The number of rotatable bonds is 7. The van der Waals surface area contributed by atoms with Crippen molar-refractivity contribution in [1.82, 2.24) is 10.6 Å². The Balaban J connectivity index is 1.62. The summed E-state index contributed by atoms with van der Waals surface area (Å²) in [5.74, 6) is -0.289. The second kappa shape index (κ2) is 9.05. The molecule has 1 aromatic heterocycles. The third-order valence-electron chi connectivity index (χ3n) is 4.02. The van der Waals surface area contributed by atoms with Gasteiger partial charge < -0.3 is 15.1 Å². The van der Waals surface area contributed by atoms with Crippen molar-refractivity contribution >= 4 is 23.4 Å². The zero-order valence-electron chi connectivity index (χ0n) is 14.5. The molecule has 0 aliphatic carbocycles. The molecule has 1 heterocycles. The van der Waals surface area contributed by atoms with Crippen LogP contribution in [-0.2, 0) is 4.79 Å². The first-order chi connectivity index (χ1) is 13.1. The molecule has 0 radical (unpaired) electrons. The lowest BCUT2D eigenvalue weighted by Crippen LogP contribution is -2.33. The summed E-state index contributed by atoms with van der Waals surface area (Å²) in [4.78, 5) is 24.3. The van der Waals surface area contributed by atoms with Gasteiger partial charge in [0.05, 0.1) is 12.3 Å². The molecule has 0 fully saturated rings. The average Bonchev–Trinajstić information content (AvgIpc) is 3.22. The van der Waals surface area contributed by atoms with Crippen LogP contribution in [0.5, 0.6) is 0 Å². The van der Waals surface area contributed by atoms with Crippen molar-refractivity contribution in [3.63, 3.8) is 0 Å². The monoisotopic (exact) mass is 382 g/mol. The molecule has 3 rings (SSSR count). The molecule has 3 aromatic rings. The van der Waals surface area contributed by atoms with E-state index in [1.54, 1.807) is 24.3 Å². The SMILES string of the molecule is O=C(CCNC(=O)c1ccco1)NC(c1ccccc1)c1ccc(Cl)cc1. The summed E-state index contributed by atoms with van der Waals surface area (Å²) in [5.41, 5.74) is 1.89. The van der Waals surface area contributed by atoms with Crippen molar-refractivity contribution < 1.29 is 14.0 Å².